The Balaban J connectivity index is 1.86. The van der Waals surface area contributed by atoms with Crippen LogP contribution in [0.5, 0.6) is 0 Å². The maximum absolute atomic E-state index is 12.8. The normalized spacial score (nSPS) is 41.9. The molecule has 0 aromatic rings. The van der Waals surface area contributed by atoms with Crippen LogP contribution in [0.3, 0.4) is 0 Å². The Morgan fingerprint density at radius 2 is 1.90 bits per heavy atom. The van der Waals surface area contributed by atoms with Gasteiger partial charge in [-0.2, -0.15) is 0 Å². The monoisotopic (exact) mass is 296 g/mol. The van der Waals surface area contributed by atoms with E-state index in [1.54, 1.807) is 0 Å². The summed E-state index contributed by atoms with van der Waals surface area (Å²) in [7, 11) is 1.35. The van der Waals surface area contributed by atoms with Gasteiger partial charge in [0, 0.05) is 17.8 Å². The molecule has 2 aliphatic carbocycles. The minimum Gasteiger partial charge on any atom is -0.468 e. The van der Waals surface area contributed by atoms with Crippen molar-refractivity contribution in [3.8, 4) is 0 Å². The molecule has 1 heterocycles. The van der Waals surface area contributed by atoms with Crippen molar-refractivity contribution in [1.29, 1.82) is 0 Å². The number of methoxy groups -OCH3 is 1. The quantitative estimate of drug-likeness (QED) is 0.546. The Hall–Kier alpha value is -0.940. The number of rotatable bonds is 1. The molecule has 0 amide bonds. The lowest BCUT2D eigenvalue weighted by Gasteiger charge is -2.54. The van der Waals surface area contributed by atoms with Crippen molar-refractivity contribution in [1.82, 2.24) is 0 Å². The van der Waals surface area contributed by atoms with Crippen LogP contribution in [0.4, 0.5) is 0 Å². The zero-order valence-corrected chi connectivity index (χ0v) is 13.0. The molecule has 118 valence electrons. The van der Waals surface area contributed by atoms with Crippen LogP contribution < -0.4 is 0 Å². The molecule has 5 nitrogen and oxygen atoms in total. The molecule has 2 saturated carbocycles. The number of hydrogen-bond donors (Lipinski definition) is 0. The van der Waals surface area contributed by atoms with Crippen LogP contribution in [0.1, 0.15) is 39.5 Å². The lowest BCUT2D eigenvalue weighted by Crippen LogP contribution is -2.58. The van der Waals surface area contributed by atoms with E-state index >= 15 is 0 Å². The number of fused-ring (bicyclic) bond motifs is 1. The molecule has 5 heteroatoms. The van der Waals surface area contributed by atoms with E-state index in [2.05, 4.69) is 6.92 Å². The predicted octanol–water partition coefficient (Wildman–Crippen LogP) is 1.93. The highest BCUT2D eigenvalue weighted by atomic mass is 16.7. The van der Waals surface area contributed by atoms with E-state index in [-0.39, 0.29) is 23.6 Å². The van der Waals surface area contributed by atoms with Crippen molar-refractivity contribution in [2.45, 2.75) is 45.3 Å². The summed E-state index contributed by atoms with van der Waals surface area (Å²) in [4.78, 5) is 24.7. The highest BCUT2D eigenvalue weighted by molar-refractivity contribution is 6.02. The topological polar surface area (TPSA) is 61.8 Å². The smallest absolute Gasteiger partial charge is 0.316 e. The van der Waals surface area contributed by atoms with Crippen molar-refractivity contribution >= 4 is 11.8 Å². The van der Waals surface area contributed by atoms with Crippen LogP contribution in [0.25, 0.3) is 0 Å². The summed E-state index contributed by atoms with van der Waals surface area (Å²) in [6.07, 6.45) is 2.86. The Labute approximate surface area is 125 Å². The summed E-state index contributed by atoms with van der Waals surface area (Å²) in [5.41, 5.74) is -0.461. The Morgan fingerprint density at radius 1 is 1.24 bits per heavy atom. The summed E-state index contributed by atoms with van der Waals surface area (Å²) in [6, 6.07) is 0. The molecular weight excluding hydrogens is 272 g/mol. The maximum Gasteiger partial charge on any atom is 0.316 e. The molecule has 21 heavy (non-hydrogen) atoms. The number of ketones is 1. The standard InChI is InChI=1S/C16H24O5/c1-10-12-5-4-11(14(18)19-3)13(17)15(12,2)6-7-16(10)20-8-9-21-16/h10-12H,4-9H2,1-3H3. The summed E-state index contributed by atoms with van der Waals surface area (Å²) in [6.45, 7) is 5.39. The SMILES string of the molecule is COC(=O)C1CCC2C(C)C3(CCC2(C)C1=O)OCCO3. The number of Topliss-reactive ketones (excluding diaryl/α,β-unsaturated/α-hetero) is 1. The van der Waals surface area contributed by atoms with E-state index in [1.165, 1.54) is 7.11 Å². The van der Waals surface area contributed by atoms with Crippen LogP contribution in [0.2, 0.25) is 0 Å². The van der Waals surface area contributed by atoms with Gasteiger partial charge in [-0.1, -0.05) is 13.8 Å². The van der Waals surface area contributed by atoms with Crippen LogP contribution in [0.15, 0.2) is 0 Å². The second-order valence-corrected chi connectivity index (χ2v) is 6.84. The minimum absolute atomic E-state index is 0.0466. The van der Waals surface area contributed by atoms with Gasteiger partial charge in [0.15, 0.2) is 11.6 Å². The molecule has 1 aliphatic heterocycles. The van der Waals surface area contributed by atoms with Crippen LogP contribution >= 0.6 is 0 Å². The third-order valence-corrected chi connectivity index (χ3v) is 6.02. The lowest BCUT2D eigenvalue weighted by atomic mass is 9.53. The highest BCUT2D eigenvalue weighted by Gasteiger charge is 2.60. The van der Waals surface area contributed by atoms with E-state index in [0.717, 1.165) is 12.8 Å². The van der Waals surface area contributed by atoms with Gasteiger partial charge in [-0.05, 0) is 25.2 Å². The largest absolute Gasteiger partial charge is 0.468 e. The van der Waals surface area contributed by atoms with Gasteiger partial charge in [-0.3, -0.25) is 9.59 Å². The zero-order valence-electron chi connectivity index (χ0n) is 13.0. The van der Waals surface area contributed by atoms with Crippen LogP contribution in [-0.2, 0) is 23.8 Å². The average Bonchev–Trinajstić information content (AvgIpc) is 2.95. The minimum atomic E-state index is -0.595. The van der Waals surface area contributed by atoms with Gasteiger partial charge >= 0.3 is 5.97 Å². The van der Waals surface area contributed by atoms with Crippen molar-refractivity contribution in [2.75, 3.05) is 20.3 Å². The summed E-state index contributed by atoms with van der Waals surface area (Å²) in [5, 5.41) is 0. The first kappa shape index (κ1) is 15.0. The molecule has 0 radical (unpaired) electrons. The first-order valence-corrected chi connectivity index (χ1v) is 7.85. The van der Waals surface area contributed by atoms with Gasteiger partial charge < -0.3 is 14.2 Å². The highest BCUT2D eigenvalue weighted by Crippen LogP contribution is 2.57. The number of ether oxygens (including phenoxy) is 3. The van der Waals surface area contributed by atoms with Crippen molar-refractivity contribution in [3.05, 3.63) is 0 Å². The van der Waals surface area contributed by atoms with E-state index in [4.69, 9.17) is 14.2 Å². The first-order chi connectivity index (χ1) is 9.94. The molecule has 0 aromatic carbocycles. The second-order valence-electron chi connectivity index (χ2n) is 6.84. The Morgan fingerprint density at radius 3 is 2.52 bits per heavy atom. The van der Waals surface area contributed by atoms with Crippen molar-refractivity contribution in [3.63, 3.8) is 0 Å². The van der Waals surface area contributed by atoms with Crippen LogP contribution in [-0.4, -0.2) is 37.9 Å². The number of hydrogen-bond acceptors (Lipinski definition) is 5. The lowest BCUT2D eigenvalue weighted by molar-refractivity contribution is -0.244. The molecule has 0 aromatic heterocycles. The van der Waals surface area contributed by atoms with E-state index in [9.17, 15) is 9.59 Å². The third-order valence-electron chi connectivity index (χ3n) is 6.02. The van der Waals surface area contributed by atoms with Gasteiger partial charge in [0.05, 0.1) is 20.3 Å². The maximum atomic E-state index is 12.8. The van der Waals surface area contributed by atoms with E-state index < -0.39 is 17.1 Å². The van der Waals surface area contributed by atoms with Gasteiger partial charge in [-0.25, -0.2) is 0 Å². The fourth-order valence-electron chi connectivity index (χ4n) is 4.70. The molecule has 4 unspecified atom stereocenters. The van der Waals surface area contributed by atoms with E-state index in [0.29, 0.717) is 26.1 Å². The molecule has 1 saturated heterocycles. The van der Waals surface area contributed by atoms with Crippen molar-refractivity contribution < 1.29 is 23.8 Å². The molecular formula is C16H24O5. The number of carbonyl (C=O) groups excluding carboxylic acids is 2. The Kier molecular flexibility index (Phi) is 3.61. The molecule has 0 N–H and O–H groups in total. The summed E-state index contributed by atoms with van der Waals surface area (Å²) >= 11 is 0. The van der Waals surface area contributed by atoms with Crippen molar-refractivity contribution in [2.24, 2.45) is 23.2 Å². The van der Waals surface area contributed by atoms with E-state index in [1.807, 2.05) is 6.92 Å². The first-order valence-electron chi connectivity index (χ1n) is 7.85. The number of carbonyl (C=O) groups is 2. The zero-order chi connectivity index (χ0) is 15.3. The fraction of sp³-hybridized carbons (Fsp3) is 0.875. The van der Waals surface area contributed by atoms with Crippen LogP contribution in [0, 0.1) is 23.2 Å². The summed E-state index contributed by atoms with van der Waals surface area (Å²) < 4.78 is 16.6. The number of esters is 1. The van der Waals surface area contributed by atoms with Gasteiger partial charge in [0.1, 0.15) is 5.92 Å². The predicted molar refractivity (Wildman–Crippen MR) is 74.4 cm³/mol. The fourth-order valence-corrected chi connectivity index (χ4v) is 4.70. The Bertz CT molecular complexity index is 454. The molecule has 1 spiro atoms. The molecule has 3 rings (SSSR count). The molecule has 3 fully saturated rings. The molecule has 0 bridgehead atoms. The van der Waals surface area contributed by atoms with Gasteiger partial charge in [-0.15, -0.1) is 0 Å². The third kappa shape index (κ3) is 2.05. The van der Waals surface area contributed by atoms with Gasteiger partial charge in [0.25, 0.3) is 0 Å². The molecule has 4 atom stereocenters. The molecule has 3 aliphatic rings. The van der Waals surface area contributed by atoms with Gasteiger partial charge in [0.2, 0.25) is 0 Å². The second kappa shape index (κ2) is 5.06. The average molecular weight is 296 g/mol. The summed E-state index contributed by atoms with van der Waals surface area (Å²) in [5.74, 6) is -1.07.